The number of rotatable bonds is 13. The van der Waals surface area contributed by atoms with Gasteiger partial charge in [-0.2, -0.15) is 4.39 Å². The van der Waals surface area contributed by atoms with Crippen molar-refractivity contribution in [2.75, 3.05) is 11.9 Å². The Labute approximate surface area is 232 Å². The summed E-state index contributed by atoms with van der Waals surface area (Å²) in [6, 6.07) is 6.21. The van der Waals surface area contributed by atoms with Gasteiger partial charge in [0.2, 0.25) is 11.7 Å². The van der Waals surface area contributed by atoms with E-state index in [1.54, 1.807) is 0 Å². The molecule has 1 aliphatic carbocycles. The molecule has 1 saturated carbocycles. The van der Waals surface area contributed by atoms with Crippen LogP contribution in [-0.4, -0.2) is 40.5 Å². The van der Waals surface area contributed by atoms with Gasteiger partial charge in [-0.05, 0) is 48.9 Å². The number of nitrogens with zero attached hydrogens (tertiary/aromatic N) is 2. The molecule has 0 saturated heterocycles. The van der Waals surface area contributed by atoms with Crippen LogP contribution in [0.1, 0.15) is 37.7 Å². The van der Waals surface area contributed by atoms with E-state index in [-0.39, 0.29) is 43.4 Å². The van der Waals surface area contributed by atoms with E-state index in [0.717, 1.165) is 47.2 Å². The molecule has 1 heterocycles. The summed E-state index contributed by atoms with van der Waals surface area (Å²) in [6.45, 7) is -0.776. The second-order valence-electron chi connectivity index (χ2n) is 9.64. The molecule has 0 bridgehead atoms. The third kappa shape index (κ3) is 10.1. The second-order valence-corrected chi connectivity index (χ2v) is 9.64. The van der Waals surface area contributed by atoms with Crippen LogP contribution in [-0.2, 0) is 22.7 Å². The molecule has 3 rings (SSSR count). The Bertz CT molecular complexity index is 1310. The number of anilines is 1. The second kappa shape index (κ2) is 14.0. The van der Waals surface area contributed by atoms with Crippen LogP contribution in [0.15, 0.2) is 53.2 Å². The van der Waals surface area contributed by atoms with E-state index in [4.69, 9.17) is 11.6 Å². The van der Waals surface area contributed by atoms with E-state index in [1.165, 1.54) is 24.4 Å². The first-order valence-corrected chi connectivity index (χ1v) is 12.7. The van der Waals surface area contributed by atoms with Gasteiger partial charge in [-0.25, -0.2) is 10.2 Å². The summed E-state index contributed by atoms with van der Waals surface area (Å²) in [5.41, 5.74) is 4.33. The quantitative estimate of drug-likeness (QED) is 0.122. The number of halogens is 5. The Balaban J connectivity index is 1.45. The number of nitrogens with two attached hydrogens (primary N) is 2. The molecule has 1 fully saturated rings. The van der Waals surface area contributed by atoms with Gasteiger partial charge in [0, 0.05) is 31.9 Å². The molecule has 0 spiro atoms. The Hall–Kier alpha value is -4.14. The number of carbonyl (C=O) groups is 2. The fraction of sp³-hybridized carbons (Fsp3) is 0.423. The van der Waals surface area contributed by atoms with Crippen molar-refractivity contribution in [1.29, 1.82) is 0 Å². The zero-order valence-electron chi connectivity index (χ0n) is 21.9. The van der Waals surface area contributed by atoms with Gasteiger partial charge in [0.15, 0.2) is 0 Å². The third-order valence-corrected chi connectivity index (χ3v) is 6.32. The van der Waals surface area contributed by atoms with Crippen LogP contribution in [0.2, 0.25) is 0 Å². The lowest BCUT2D eigenvalue weighted by molar-refractivity contribution is -0.274. The minimum Gasteiger partial charge on any atom is -0.406 e. The molecular weight excluding hydrogens is 555 g/mol. The maximum Gasteiger partial charge on any atom is 0.573 e. The van der Waals surface area contributed by atoms with E-state index in [2.05, 4.69) is 15.4 Å². The van der Waals surface area contributed by atoms with Crippen LogP contribution in [0.25, 0.3) is 0 Å². The predicted molar refractivity (Wildman–Crippen MR) is 139 cm³/mol. The van der Waals surface area contributed by atoms with Gasteiger partial charge in [0.1, 0.15) is 17.6 Å². The first-order valence-electron chi connectivity index (χ1n) is 12.7. The van der Waals surface area contributed by atoms with E-state index >= 15 is 0 Å². The summed E-state index contributed by atoms with van der Waals surface area (Å²) in [4.78, 5) is 36.5. The molecule has 10 nitrogen and oxygen atoms in total. The number of aryl methyl sites for hydroxylation is 1. The number of carbonyl (C=O) groups excluding carboxylic acids is 2. The molecule has 1 unspecified atom stereocenters. The van der Waals surface area contributed by atoms with E-state index in [1.807, 2.05) is 0 Å². The smallest absolute Gasteiger partial charge is 0.406 e. The van der Waals surface area contributed by atoms with Gasteiger partial charge in [0.05, 0.1) is 12.2 Å². The first kappa shape index (κ1) is 31.4. The molecule has 224 valence electrons. The van der Waals surface area contributed by atoms with Crippen molar-refractivity contribution in [2.45, 2.75) is 57.7 Å². The van der Waals surface area contributed by atoms with Crippen LogP contribution < -0.4 is 32.5 Å². The highest BCUT2D eigenvalue weighted by Crippen LogP contribution is 2.29. The summed E-state index contributed by atoms with van der Waals surface area (Å²) in [7, 11) is 0. The largest absolute Gasteiger partial charge is 0.573 e. The first-order chi connectivity index (χ1) is 19.3. The topological polar surface area (TPSA) is 145 Å². The lowest BCUT2D eigenvalue weighted by Crippen LogP contribution is -2.36. The molecule has 41 heavy (non-hydrogen) atoms. The van der Waals surface area contributed by atoms with Gasteiger partial charge in [0.25, 0.3) is 11.5 Å². The van der Waals surface area contributed by atoms with Gasteiger partial charge in [-0.3, -0.25) is 14.4 Å². The van der Waals surface area contributed by atoms with Gasteiger partial charge >= 0.3 is 6.36 Å². The molecule has 1 aliphatic rings. The number of hydrazine groups is 1. The average molecular weight is 587 g/mol. The predicted octanol–water partition coefficient (Wildman–Crippen LogP) is 3.04. The molecular formula is C26H31F5N6O4. The summed E-state index contributed by atoms with van der Waals surface area (Å²) in [5.74, 6) is 3.19. The zero-order valence-corrected chi connectivity index (χ0v) is 21.9. The van der Waals surface area contributed by atoms with Crippen LogP contribution >= 0.6 is 0 Å². The van der Waals surface area contributed by atoms with Crippen molar-refractivity contribution in [3.8, 4) is 5.75 Å². The Morgan fingerprint density at radius 2 is 1.98 bits per heavy atom. The number of aromatic nitrogens is 1. The minimum absolute atomic E-state index is 0.174. The standard InChI is InChI=1S/C26H31F5N6O4/c27-18(7-9-36-10-8-21(23(28)25(36)40)35-22(38)12-16-3-1-4-16)14-37(33)15-20(32)24(39)34-13-17-5-2-6-19(11-17)41-26(29,30)31/h2,5-6,8,10-11,15-16,18H,1,3-4,7,9,12-14,32-33H2,(H,34,39)(H,35,38)/b20-15-. The number of amides is 2. The SMILES string of the molecule is N/C(=C\N(N)CC(F)CCn1ccc(NC(=O)CC2CCC2)c(F)c1=O)C(=O)NCc1cccc(OC(F)(F)F)c1. The molecule has 15 heteroatoms. The van der Waals surface area contributed by atoms with Crippen molar-refractivity contribution in [3.05, 3.63) is 70.2 Å². The summed E-state index contributed by atoms with van der Waals surface area (Å²) < 4.78 is 70.9. The van der Waals surface area contributed by atoms with Crippen molar-refractivity contribution in [2.24, 2.45) is 17.5 Å². The monoisotopic (exact) mass is 586 g/mol. The maximum atomic E-state index is 14.5. The van der Waals surface area contributed by atoms with Crippen molar-refractivity contribution in [1.82, 2.24) is 14.9 Å². The molecule has 1 atom stereocenters. The van der Waals surface area contributed by atoms with Crippen molar-refractivity contribution < 1.29 is 36.3 Å². The normalized spacial score (nSPS) is 14.6. The Morgan fingerprint density at radius 3 is 2.63 bits per heavy atom. The number of hydrogen-bond donors (Lipinski definition) is 4. The highest BCUT2D eigenvalue weighted by molar-refractivity contribution is 5.92. The molecule has 6 N–H and O–H groups in total. The highest BCUT2D eigenvalue weighted by Gasteiger charge is 2.31. The molecule has 0 radical (unpaired) electrons. The molecule has 2 amide bonds. The van der Waals surface area contributed by atoms with E-state index in [9.17, 15) is 36.3 Å². The number of benzene rings is 1. The van der Waals surface area contributed by atoms with Crippen LogP contribution in [0, 0.1) is 11.7 Å². The molecule has 2 aromatic rings. The molecule has 1 aromatic heterocycles. The minimum atomic E-state index is -4.86. The Kier molecular flexibility index (Phi) is 10.7. The number of alkyl halides is 4. The van der Waals surface area contributed by atoms with E-state index < -0.39 is 47.8 Å². The molecule has 1 aromatic carbocycles. The van der Waals surface area contributed by atoms with E-state index in [0.29, 0.717) is 5.56 Å². The van der Waals surface area contributed by atoms with Crippen molar-refractivity contribution >= 4 is 17.5 Å². The van der Waals surface area contributed by atoms with Gasteiger partial charge in [-0.1, -0.05) is 18.6 Å². The number of ether oxygens (including phenoxy) is 1. The number of nitrogens with one attached hydrogen (secondary N) is 2. The zero-order chi connectivity index (χ0) is 30.2. The van der Waals surface area contributed by atoms with Crippen LogP contribution in [0.4, 0.5) is 27.6 Å². The highest BCUT2D eigenvalue weighted by atomic mass is 19.4. The fourth-order valence-corrected chi connectivity index (χ4v) is 4.01. The summed E-state index contributed by atoms with van der Waals surface area (Å²) in [6.07, 6.45) is -1.25. The van der Waals surface area contributed by atoms with Crippen LogP contribution in [0.3, 0.4) is 0 Å². The van der Waals surface area contributed by atoms with Gasteiger partial charge < -0.3 is 30.7 Å². The number of pyridine rings is 1. The lowest BCUT2D eigenvalue weighted by atomic mass is 9.83. The molecule has 0 aliphatic heterocycles. The third-order valence-electron chi connectivity index (χ3n) is 6.32. The number of hydrogen-bond acceptors (Lipinski definition) is 7. The van der Waals surface area contributed by atoms with Crippen molar-refractivity contribution in [3.63, 3.8) is 0 Å². The lowest BCUT2D eigenvalue weighted by Gasteiger charge is -2.24. The fourth-order valence-electron chi connectivity index (χ4n) is 4.01. The van der Waals surface area contributed by atoms with Gasteiger partial charge in [-0.15, -0.1) is 13.2 Å². The average Bonchev–Trinajstić information content (AvgIpc) is 2.86. The Morgan fingerprint density at radius 1 is 1.24 bits per heavy atom. The summed E-state index contributed by atoms with van der Waals surface area (Å²) in [5, 5.41) is 5.62. The maximum absolute atomic E-state index is 14.5. The van der Waals surface area contributed by atoms with Crippen LogP contribution in [0.5, 0.6) is 5.75 Å². The summed E-state index contributed by atoms with van der Waals surface area (Å²) >= 11 is 0.